The topological polar surface area (TPSA) is 3.24 Å². The molecule has 1 heteroatoms. The van der Waals surface area contributed by atoms with E-state index >= 15 is 0 Å². The summed E-state index contributed by atoms with van der Waals surface area (Å²) in [5, 5.41) is 0. The Hall–Kier alpha value is -2.02. The third kappa shape index (κ3) is 3.72. The van der Waals surface area contributed by atoms with Gasteiger partial charge in [0.2, 0.25) is 0 Å². The third-order valence-corrected chi connectivity index (χ3v) is 5.26. The molecule has 1 aliphatic heterocycles. The smallest absolute Gasteiger partial charge is 0.0248 e. The van der Waals surface area contributed by atoms with Crippen molar-refractivity contribution in [2.75, 3.05) is 6.54 Å². The summed E-state index contributed by atoms with van der Waals surface area (Å²) in [6, 6.07) is 8.75. The molecule has 2 aliphatic rings. The predicted molar refractivity (Wildman–Crippen MR) is 104 cm³/mol. The van der Waals surface area contributed by atoms with Gasteiger partial charge in [-0.25, -0.2) is 0 Å². The maximum atomic E-state index is 4.35. The lowest BCUT2D eigenvalue weighted by molar-refractivity contribution is 0.295. The SMILES string of the molecule is C=C(C)C1=CN(CC2CCCCC2)C=C(c2ccc(C)cc2)C1=C. The molecule has 0 radical (unpaired) electrons. The average molecular weight is 319 g/mol. The van der Waals surface area contributed by atoms with E-state index in [1.807, 2.05) is 0 Å². The minimum absolute atomic E-state index is 0.809. The number of benzene rings is 1. The van der Waals surface area contributed by atoms with Crippen LogP contribution in [-0.4, -0.2) is 11.4 Å². The van der Waals surface area contributed by atoms with Crippen molar-refractivity contribution >= 4 is 5.57 Å². The van der Waals surface area contributed by atoms with Crippen LogP contribution in [0.3, 0.4) is 0 Å². The predicted octanol–water partition coefficient (Wildman–Crippen LogP) is 6.25. The quantitative estimate of drug-likeness (QED) is 0.634. The molecule has 0 amide bonds. The van der Waals surface area contributed by atoms with Gasteiger partial charge >= 0.3 is 0 Å². The normalized spacial score (nSPS) is 19.1. The molecule has 0 N–H and O–H groups in total. The van der Waals surface area contributed by atoms with Gasteiger partial charge in [0.1, 0.15) is 0 Å². The lowest BCUT2D eigenvalue weighted by Crippen LogP contribution is -2.25. The Kier molecular flexibility index (Phi) is 5.08. The van der Waals surface area contributed by atoms with Crippen molar-refractivity contribution in [3.63, 3.8) is 0 Å². The zero-order valence-electron chi connectivity index (χ0n) is 15.1. The fourth-order valence-corrected chi connectivity index (χ4v) is 3.79. The molecule has 24 heavy (non-hydrogen) atoms. The number of allylic oxidation sites excluding steroid dienone is 4. The first kappa shape index (κ1) is 16.8. The lowest BCUT2D eigenvalue weighted by atomic mass is 9.87. The Morgan fingerprint density at radius 2 is 1.75 bits per heavy atom. The first-order valence-corrected chi connectivity index (χ1v) is 9.16. The minimum atomic E-state index is 0.809. The molecule has 1 aliphatic carbocycles. The first-order valence-electron chi connectivity index (χ1n) is 9.16. The van der Waals surface area contributed by atoms with Gasteiger partial charge in [-0.2, -0.15) is 0 Å². The molecule has 1 aromatic carbocycles. The Balaban J connectivity index is 1.89. The summed E-state index contributed by atoms with van der Waals surface area (Å²) in [5.41, 5.74) is 7.12. The van der Waals surface area contributed by atoms with E-state index < -0.39 is 0 Å². The number of aryl methyl sites for hydroxylation is 1. The summed E-state index contributed by atoms with van der Waals surface area (Å²) in [4.78, 5) is 2.38. The Bertz CT molecular complexity index is 681. The third-order valence-electron chi connectivity index (χ3n) is 5.26. The second-order valence-corrected chi connectivity index (χ2v) is 7.41. The van der Waals surface area contributed by atoms with Gasteiger partial charge in [0.25, 0.3) is 0 Å². The molecule has 1 saturated carbocycles. The van der Waals surface area contributed by atoms with Crippen molar-refractivity contribution in [3.05, 3.63) is 77.7 Å². The molecule has 0 bridgehead atoms. The molecule has 0 spiro atoms. The molecule has 1 nitrogen and oxygen atoms in total. The van der Waals surface area contributed by atoms with Gasteiger partial charge < -0.3 is 4.90 Å². The first-order chi connectivity index (χ1) is 11.5. The number of nitrogens with zero attached hydrogens (tertiary/aromatic N) is 1. The van der Waals surface area contributed by atoms with Crippen molar-refractivity contribution in [1.82, 2.24) is 4.90 Å². The summed E-state index contributed by atoms with van der Waals surface area (Å²) >= 11 is 0. The number of hydrogen-bond donors (Lipinski definition) is 0. The Morgan fingerprint density at radius 3 is 2.38 bits per heavy atom. The van der Waals surface area contributed by atoms with E-state index in [1.165, 1.54) is 54.4 Å². The number of hydrogen-bond acceptors (Lipinski definition) is 1. The fourth-order valence-electron chi connectivity index (χ4n) is 3.79. The van der Waals surface area contributed by atoms with Crippen LogP contribution in [0.2, 0.25) is 0 Å². The monoisotopic (exact) mass is 319 g/mol. The zero-order chi connectivity index (χ0) is 17.1. The van der Waals surface area contributed by atoms with E-state index in [-0.39, 0.29) is 0 Å². The lowest BCUT2D eigenvalue weighted by Gasteiger charge is -2.32. The fraction of sp³-hybridized carbons (Fsp3) is 0.391. The molecular weight excluding hydrogens is 290 g/mol. The highest BCUT2D eigenvalue weighted by molar-refractivity contribution is 5.85. The molecular formula is C23H29N. The maximum absolute atomic E-state index is 4.35. The Labute approximate surface area is 147 Å². The van der Waals surface area contributed by atoms with Crippen molar-refractivity contribution in [2.24, 2.45) is 5.92 Å². The zero-order valence-corrected chi connectivity index (χ0v) is 15.1. The van der Waals surface area contributed by atoms with Gasteiger partial charge in [-0.15, -0.1) is 0 Å². The molecule has 0 aromatic heterocycles. The summed E-state index contributed by atoms with van der Waals surface area (Å²) in [6.45, 7) is 13.8. The highest BCUT2D eigenvalue weighted by atomic mass is 15.1. The van der Waals surface area contributed by atoms with Crippen LogP contribution in [0, 0.1) is 12.8 Å². The van der Waals surface area contributed by atoms with Gasteiger partial charge in [0.15, 0.2) is 0 Å². The number of rotatable bonds is 4. The summed E-state index contributed by atoms with van der Waals surface area (Å²) in [6.07, 6.45) is 11.4. The molecule has 0 atom stereocenters. The maximum Gasteiger partial charge on any atom is 0.0248 e. The summed E-state index contributed by atoms with van der Waals surface area (Å²) in [5.74, 6) is 0.809. The van der Waals surface area contributed by atoms with E-state index in [4.69, 9.17) is 0 Å². The van der Waals surface area contributed by atoms with Crippen molar-refractivity contribution in [1.29, 1.82) is 0 Å². The molecule has 1 fully saturated rings. The second-order valence-electron chi connectivity index (χ2n) is 7.41. The second kappa shape index (κ2) is 7.25. The van der Waals surface area contributed by atoms with Crippen molar-refractivity contribution in [2.45, 2.75) is 46.0 Å². The van der Waals surface area contributed by atoms with Gasteiger partial charge in [-0.3, -0.25) is 0 Å². The van der Waals surface area contributed by atoms with E-state index in [1.54, 1.807) is 0 Å². The van der Waals surface area contributed by atoms with Gasteiger partial charge in [0, 0.05) is 30.1 Å². The highest BCUT2D eigenvalue weighted by Gasteiger charge is 2.21. The molecule has 1 aromatic rings. The van der Waals surface area contributed by atoms with E-state index in [0.717, 1.165) is 23.6 Å². The van der Waals surface area contributed by atoms with Crippen LogP contribution in [0.5, 0.6) is 0 Å². The molecule has 126 valence electrons. The minimum Gasteiger partial charge on any atom is -0.353 e. The van der Waals surface area contributed by atoms with Crippen LogP contribution in [-0.2, 0) is 0 Å². The van der Waals surface area contributed by atoms with Gasteiger partial charge in [0.05, 0.1) is 0 Å². The Morgan fingerprint density at radius 1 is 1.08 bits per heavy atom. The van der Waals surface area contributed by atoms with E-state index in [9.17, 15) is 0 Å². The molecule has 1 heterocycles. The van der Waals surface area contributed by atoms with E-state index in [0.29, 0.717) is 0 Å². The molecule has 0 saturated heterocycles. The molecule has 3 rings (SSSR count). The van der Waals surface area contributed by atoms with Crippen LogP contribution in [0.1, 0.15) is 50.2 Å². The molecule has 0 unspecified atom stereocenters. The van der Waals surface area contributed by atoms with E-state index in [2.05, 4.69) is 68.6 Å². The average Bonchev–Trinajstić information content (AvgIpc) is 2.58. The van der Waals surface area contributed by atoms with Crippen molar-refractivity contribution in [3.8, 4) is 0 Å². The largest absolute Gasteiger partial charge is 0.353 e. The van der Waals surface area contributed by atoms with Crippen molar-refractivity contribution < 1.29 is 0 Å². The van der Waals surface area contributed by atoms with Crippen LogP contribution >= 0.6 is 0 Å². The van der Waals surface area contributed by atoms with Crippen LogP contribution in [0.4, 0.5) is 0 Å². The van der Waals surface area contributed by atoms with Crippen LogP contribution < -0.4 is 0 Å². The summed E-state index contributed by atoms with van der Waals surface area (Å²) in [7, 11) is 0. The standard InChI is InChI=1S/C23H29N/c1-17(2)22-15-24(14-20-8-6-5-7-9-20)16-23(19(22)4)21-12-10-18(3)11-13-21/h10-13,15-16,20H,1,4-9,14H2,2-3H3. The van der Waals surface area contributed by atoms with Gasteiger partial charge in [-0.1, -0.05) is 62.2 Å². The van der Waals surface area contributed by atoms with Gasteiger partial charge in [-0.05, 0) is 49.3 Å². The summed E-state index contributed by atoms with van der Waals surface area (Å²) < 4.78 is 0. The highest BCUT2D eigenvalue weighted by Crippen LogP contribution is 2.36. The van der Waals surface area contributed by atoms with Crippen LogP contribution in [0.25, 0.3) is 5.57 Å². The van der Waals surface area contributed by atoms with Crippen LogP contribution in [0.15, 0.2) is 66.5 Å².